The maximum atomic E-state index is 11.2. The number of Topliss-reactive ketones (excluding diaryl/α,β-unsaturated/α-hetero) is 1. The third-order valence-electron chi connectivity index (χ3n) is 3.33. The Labute approximate surface area is 103 Å². The van der Waals surface area contributed by atoms with E-state index in [1.807, 2.05) is 0 Å². The average molecular weight is 241 g/mol. The summed E-state index contributed by atoms with van der Waals surface area (Å²) in [5, 5.41) is 0. The smallest absolute Gasteiger partial charge is 0.305 e. The minimum absolute atomic E-state index is 0.148. The van der Waals surface area contributed by atoms with E-state index in [1.54, 1.807) is 6.92 Å². The van der Waals surface area contributed by atoms with E-state index in [0.717, 1.165) is 25.9 Å². The number of piperidine rings is 1. The lowest BCUT2D eigenvalue weighted by Gasteiger charge is -2.35. The van der Waals surface area contributed by atoms with E-state index in [4.69, 9.17) is 0 Å². The van der Waals surface area contributed by atoms with Gasteiger partial charge in [0.25, 0.3) is 0 Å². The predicted octanol–water partition coefficient (Wildman–Crippen LogP) is 1.77. The molecular formula is C13H23NO3. The molecule has 1 aliphatic rings. The molecule has 0 spiro atoms. The van der Waals surface area contributed by atoms with Crippen molar-refractivity contribution >= 4 is 11.8 Å². The molecule has 4 heteroatoms. The lowest BCUT2D eigenvalue weighted by Crippen LogP contribution is -2.41. The Morgan fingerprint density at radius 1 is 1.35 bits per heavy atom. The number of ether oxygens (including phenoxy) is 1. The first-order valence-electron chi connectivity index (χ1n) is 6.43. The molecule has 0 aliphatic carbocycles. The summed E-state index contributed by atoms with van der Waals surface area (Å²) in [6.45, 7) is 3.60. The van der Waals surface area contributed by atoms with Crippen LogP contribution in [0.15, 0.2) is 0 Å². The van der Waals surface area contributed by atoms with Crippen molar-refractivity contribution in [1.29, 1.82) is 0 Å². The average Bonchev–Trinajstić information content (AvgIpc) is 2.30. The van der Waals surface area contributed by atoms with Crippen molar-refractivity contribution in [1.82, 2.24) is 4.90 Å². The van der Waals surface area contributed by atoms with Gasteiger partial charge >= 0.3 is 5.97 Å². The van der Waals surface area contributed by atoms with Gasteiger partial charge in [-0.15, -0.1) is 0 Å². The summed E-state index contributed by atoms with van der Waals surface area (Å²) >= 11 is 0. The third-order valence-corrected chi connectivity index (χ3v) is 3.33. The van der Waals surface area contributed by atoms with E-state index in [2.05, 4.69) is 9.64 Å². The number of rotatable bonds is 6. The molecular weight excluding hydrogens is 218 g/mol. The van der Waals surface area contributed by atoms with E-state index in [0.29, 0.717) is 18.9 Å². The normalized spacial score (nSPS) is 21.2. The Balaban J connectivity index is 2.32. The number of hydrogen-bond donors (Lipinski definition) is 0. The fourth-order valence-electron chi connectivity index (χ4n) is 2.45. The van der Waals surface area contributed by atoms with Crippen LogP contribution < -0.4 is 0 Å². The summed E-state index contributed by atoms with van der Waals surface area (Å²) in [5.74, 6) is 0.111. The van der Waals surface area contributed by atoms with Crippen LogP contribution in [0.4, 0.5) is 0 Å². The zero-order valence-corrected chi connectivity index (χ0v) is 10.9. The molecule has 1 heterocycles. The fourth-order valence-corrected chi connectivity index (χ4v) is 2.45. The van der Waals surface area contributed by atoms with Crippen molar-refractivity contribution in [2.75, 3.05) is 20.2 Å². The largest absolute Gasteiger partial charge is 0.469 e. The zero-order chi connectivity index (χ0) is 12.7. The molecule has 0 amide bonds. The van der Waals surface area contributed by atoms with Crippen molar-refractivity contribution in [3.63, 3.8) is 0 Å². The first-order valence-corrected chi connectivity index (χ1v) is 6.43. The van der Waals surface area contributed by atoms with Crippen molar-refractivity contribution in [2.24, 2.45) is 0 Å². The first kappa shape index (κ1) is 14.2. The first-order chi connectivity index (χ1) is 8.13. The van der Waals surface area contributed by atoms with Crippen LogP contribution in [0, 0.1) is 0 Å². The number of hydrogen-bond acceptors (Lipinski definition) is 4. The Hall–Kier alpha value is -0.900. The fraction of sp³-hybridized carbons (Fsp3) is 0.846. The molecule has 1 unspecified atom stereocenters. The van der Waals surface area contributed by atoms with Gasteiger partial charge in [0.15, 0.2) is 0 Å². The number of methoxy groups -OCH3 is 1. The molecule has 0 aromatic heterocycles. The second-order valence-electron chi connectivity index (χ2n) is 4.77. The predicted molar refractivity (Wildman–Crippen MR) is 65.8 cm³/mol. The van der Waals surface area contributed by atoms with Gasteiger partial charge < -0.3 is 4.74 Å². The number of ketones is 1. The van der Waals surface area contributed by atoms with Crippen molar-refractivity contribution in [3.8, 4) is 0 Å². The molecule has 0 aromatic rings. The van der Waals surface area contributed by atoms with Gasteiger partial charge in [-0.1, -0.05) is 6.42 Å². The van der Waals surface area contributed by atoms with Crippen LogP contribution in [0.2, 0.25) is 0 Å². The number of likely N-dealkylation sites (tertiary alicyclic amines) is 1. The van der Waals surface area contributed by atoms with Crippen LogP contribution in [0.25, 0.3) is 0 Å². The van der Waals surface area contributed by atoms with E-state index in [1.165, 1.54) is 20.0 Å². The second-order valence-corrected chi connectivity index (χ2v) is 4.77. The molecule has 1 aliphatic heterocycles. The number of carbonyl (C=O) groups excluding carboxylic acids is 2. The van der Waals surface area contributed by atoms with Crippen LogP contribution in [-0.2, 0) is 14.3 Å². The Morgan fingerprint density at radius 2 is 2.12 bits per heavy atom. The van der Waals surface area contributed by atoms with Gasteiger partial charge in [0.1, 0.15) is 5.78 Å². The van der Waals surface area contributed by atoms with Crippen molar-refractivity contribution < 1.29 is 14.3 Å². The maximum absolute atomic E-state index is 11.2. The Bertz CT molecular complexity index is 265. The quantitative estimate of drug-likeness (QED) is 0.665. The molecule has 98 valence electrons. The van der Waals surface area contributed by atoms with Crippen LogP contribution in [0.5, 0.6) is 0 Å². The molecule has 0 radical (unpaired) electrons. The van der Waals surface area contributed by atoms with E-state index in [-0.39, 0.29) is 11.8 Å². The lowest BCUT2D eigenvalue weighted by molar-refractivity contribution is -0.140. The third kappa shape index (κ3) is 5.31. The standard InChI is InChI=1S/C13H23NO3/c1-11(15)10-12-6-3-4-8-14(12)9-5-7-13(16)17-2/h12H,3-10H2,1-2H3. The summed E-state index contributed by atoms with van der Waals surface area (Å²) in [7, 11) is 1.42. The molecule has 4 nitrogen and oxygen atoms in total. The molecule has 0 aromatic carbocycles. The molecule has 0 N–H and O–H groups in total. The van der Waals surface area contributed by atoms with Crippen LogP contribution >= 0.6 is 0 Å². The van der Waals surface area contributed by atoms with Crippen LogP contribution in [0.3, 0.4) is 0 Å². The summed E-state index contributed by atoms with van der Waals surface area (Å²) in [4.78, 5) is 24.6. The molecule has 0 saturated carbocycles. The highest BCUT2D eigenvalue weighted by atomic mass is 16.5. The Morgan fingerprint density at radius 3 is 2.76 bits per heavy atom. The minimum atomic E-state index is -0.148. The maximum Gasteiger partial charge on any atom is 0.305 e. The minimum Gasteiger partial charge on any atom is -0.469 e. The summed E-state index contributed by atoms with van der Waals surface area (Å²) in [6.07, 6.45) is 5.47. The SMILES string of the molecule is COC(=O)CCCN1CCCCC1CC(C)=O. The van der Waals surface area contributed by atoms with Gasteiger partial charge in [-0.3, -0.25) is 14.5 Å². The molecule has 1 fully saturated rings. The summed E-state index contributed by atoms with van der Waals surface area (Å²) in [6, 6.07) is 0.388. The van der Waals surface area contributed by atoms with Gasteiger partial charge in [0.2, 0.25) is 0 Å². The molecule has 1 atom stereocenters. The number of carbonyl (C=O) groups is 2. The topological polar surface area (TPSA) is 46.6 Å². The second kappa shape index (κ2) is 7.43. The number of nitrogens with zero attached hydrogens (tertiary/aromatic N) is 1. The monoisotopic (exact) mass is 241 g/mol. The highest BCUT2D eigenvalue weighted by molar-refractivity contribution is 5.76. The summed E-state index contributed by atoms with van der Waals surface area (Å²) < 4.78 is 4.62. The van der Waals surface area contributed by atoms with E-state index >= 15 is 0 Å². The van der Waals surface area contributed by atoms with Gasteiger partial charge in [0, 0.05) is 18.9 Å². The van der Waals surface area contributed by atoms with Crippen LogP contribution in [-0.4, -0.2) is 42.9 Å². The van der Waals surface area contributed by atoms with Gasteiger partial charge in [-0.2, -0.15) is 0 Å². The van der Waals surface area contributed by atoms with E-state index in [9.17, 15) is 9.59 Å². The molecule has 1 rings (SSSR count). The number of esters is 1. The molecule has 17 heavy (non-hydrogen) atoms. The van der Waals surface area contributed by atoms with Gasteiger partial charge in [-0.05, 0) is 39.3 Å². The lowest BCUT2D eigenvalue weighted by atomic mass is 9.97. The van der Waals surface area contributed by atoms with Gasteiger partial charge in [0.05, 0.1) is 7.11 Å². The highest BCUT2D eigenvalue weighted by Gasteiger charge is 2.23. The van der Waals surface area contributed by atoms with Crippen molar-refractivity contribution in [3.05, 3.63) is 0 Å². The summed E-state index contributed by atoms with van der Waals surface area (Å²) in [5.41, 5.74) is 0. The highest BCUT2D eigenvalue weighted by Crippen LogP contribution is 2.20. The zero-order valence-electron chi connectivity index (χ0n) is 10.9. The van der Waals surface area contributed by atoms with E-state index < -0.39 is 0 Å². The van der Waals surface area contributed by atoms with Crippen LogP contribution in [0.1, 0.15) is 45.4 Å². The molecule has 1 saturated heterocycles. The van der Waals surface area contributed by atoms with Gasteiger partial charge in [-0.25, -0.2) is 0 Å². The van der Waals surface area contributed by atoms with Crippen molar-refractivity contribution in [2.45, 2.75) is 51.5 Å². The molecule has 0 bridgehead atoms. The Kier molecular flexibility index (Phi) is 6.19.